The molecule has 4 nitrogen and oxygen atoms in total. The van der Waals surface area contributed by atoms with E-state index in [-0.39, 0.29) is 23.7 Å². The van der Waals surface area contributed by atoms with Crippen LogP contribution in [0, 0.1) is 0 Å². The highest BCUT2D eigenvalue weighted by atomic mass is 16.5. The van der Waals surface area contributed by atoms with Crippen molar-refractivity contribution < 1.29 is 14.3 Å². The van der Waals surface area contributed by atoms with Crippen LogP contribution in [0.2, 0.25) is 0 Å². The normalized spacial score (nSPS) is 11.9. The van der Waals surface area contributed by atoms with E-state index in [4.69, 9.17) is 5.73 Å². The number of carbonyl (C=O) groups excluding carboxylic acids is 2. The summed E-state index contributed by atoms with van der Waals surface area (Å²) in [6, 6.07) is 0. The third kappa shape index (κ3) is 2.74. The molecule has 0 aromatic rings. The van der Waals surface area contributed by atoms with Crippen molar-refractivity contribution >= 4 is 11.8 Å². The second-order valence-corrected chi connectivity index (χ2v) is 2.33. The van der Waals surface area contributed by atoms with Crippen molar-refractivity contribution in [2.75, 3.05) is 6.61 Å². The van der Waals surface area contributed by atoms with Crippen LogP contribution in [0.15, 0.2) is 11.3 Å². The first kappa shape index (κ1) is 10.7. The molecule has 0 radical (unpaired) electrons. The van der Waals surface area contributed by atoms with Gasteiger partial charge in [0.2, 0.25) is 0 Å². The lowest BCUT2D eigenvalue weighted by molar-refractivity contribution is -0.139. The summed E-state index contributed by atoms with van der Waals surface area (Å²) >= 11 is 0. The number of hydrogen-bond donors (Lipinski definition) is 1. The zero-order chi connectivity index (χ0) is 9.72. The molecular weight excluding hydrogens is 158 g/mol. The Kier molecular flexibility index (Phi) is 4.04. The minimum atomic E-state index is -0.648. The van der Waals surface area contributed by atoms with Crippen LogP contribution in [0.3, 0.4) is 0 Å². The van der Waals surface area contributed by atoms with Crippen LogP contribution in [-0.4, -0.2) is 18.4 Å². The third-order valence-electron chi connectivity index (χ3n) is 1.23. The summed E-state index contributed by atoms with van der Waals surface area (Å²) in [5, 5.41) is 0. The molecule has 0 saturated heterocycles. The zero-order valence-electron chi connectivity index (χ0n) is 7.51. The van der Waals surface area contributed by atoms with Crippen molar-refractivity contribution in [3.63, 3.8) is 0 Å². The molecule has 4 heteroatoms. The fraction of sp³-hybridized carbons (Fsp3) is 0.500. The molecule has 0 unspecified atom stereocenters. The van der Waals surface area contributed by atoms with Crippen LogP contribution in [0.5, 0.6) is 0 Å². The van der Waals surface area contributed by atoms with Gasteiger partial charge in [-0.2, -0.15) is 0 Å². The first-order chi connectivity index (χ1) is 5.50. The van der Waals surface area contributed by atoms with Crippen molar-refractivity contribution in [2.24, 2.45) is 5.73 Å². The lowest BCUT2D eigenvalue weighted by Crippen LogP contribution is -2.18. The molecule has 0 fully saturated rings. The predicted octanol–water partition coefficient (Wildman–Crippen LogP) is 0.371. The Hall–Kier alpha value is -1.32. The Bertz CT molecular complexity index is 226. The van der Waals surface area contributed by atoms with Gasteiger partial charge in [-0.25, -0.2) is 4.79 Å². The Morgan fingerprint density at radius 1 is 1.33 bits per heavy atom. The van der Waals surface area contributed by atoms with E-state index in [0.29, 0.717) is 0 Å². The van der Waals surface area contributed by atoms with Crippen molar-refractivity contribution in [1.29, 1.82) is 0 Å². The van der Waals surface area contributed by atoms with E-state index in [0.717, 1.165) is 0 Å². The van der Waals surface area contributed by atoms with E-state index >= 15 is 0 Å². The van der Waals surface area contributed by atoms with Crippen LogP contribution in [-0.2, 0) is 14.3 Å². The van der Waals surface area contributed by atoms with Gasteiger partial charge in [-0.3, -0.25) is 4.79 Å². The summed E-state index contributed by atoms with van der Waals surface area (Å²) in [6.45, 7) is 4.68. The highest BCUT2D eigenvalue weighted by molar-refractivity contribution is 6.16. The number of rotatable bonds is 3. The van der Waals surface area contributed by atoms with Crippen LogP contribution in [0.25, 0.3) is 0 Å². The largest absolute Gasteiger partial charge is 0.462 e. The van der Waals surface area contributed by atoms with Gasteiger partial charge in [0.05, 0.1) is 6.61 Å². The number of nitrogens with two attached hydrogens (primary N) is 1. The molecule has 0 spiro atoms. The summed E-state index contributed by atoms with van der Waals surface area (Å²) in [7, 11) is 0. The number of allylic oxidation sites excluding steroid dienone is 1. The fourth-order valence-electron chi connectivity index (χ4n) is 0.786. The molecule has 2 N–H and O–H groups in total. The summed E-state index contributed by atoms with van der Waals surface area (Å²) in [5.41, 5.74) is 5.46. The van der Waals surface area contributed by atoms with Crippen molar-refractivity contribution in [3.8, 4) is 0 Å². The summed E-state index contributed by atoms with van der Waals surface area (Å²) in [4.78, 5) is 21.9. The smallest absolute Gasteiger partial charge is 0.343 e. The first-order valence-corrected chi connectivity index (χ1v) is 3.65. The second-order valence-electron chi connectivity index (χ2n) is 2.33. The molecule has 12 heavy (non-hydrogen) atoms. The molecule has 0 aliphatic rings. The van der Waals surface area contributed by atoms with Gasteiger partial charge in [0.15, 0.2) is 5.78 Å². The number of esters is 1. The average Bonchev–Trinajstić information content (AvgIpc) is 1.85. The Balaban J connectivity index is 4.67. The molecule has 0 amide bonds. The van der Waals surface area contributed by atoms with Crippen LogP contribution < -0.4 is 5.73 Å². The molecule has 0 aromatic heterocycles. The molecule has 0 bridgehead atoms. The first-order valence-electron chi connectivity index (χ1n) is 3.65. The van der Waals surface area contributed by atoms with Crippen molar-refractivity contribution in [3.05, 3.63) is 11.3 Å². The Morgan fingerprint density at radius 3 is 2.08 bits per heavy atom. The van der Waals surface area contributed by atoms with Gasteiger partial charge in [0.25, 0.3) is 0 Å². The molecule has 68 valence electrons. The number of Topliss-reactive ketones (excluding diaryl/α,β-unsaturated/α-hetero) is 1. The molecule has 0 aliphatic carbocycles. The third-order valence-corrected chi connectivity index (χ3v) is 1.23. The van der Waals surface area contributed by atoms with Crippen LogP contribution >= 0.6 is 0 Å². The highest BCUT2D eigenvalue weighted by Gasteiger charge is 2.17. The van der Waals surface area contributed by atoms with Gasteiger partial charge in [-0.05, 0) is 20.8 Å². The van der Waals surface area contributed by atoms with E-state index in [1.54, 1.807) is 6.92 Å². The van der Waals surface area contributed by atoms with Gasteiger partial charge in [0, 0.05) is 5.70 Å². The molecule has 0 aliphatic heterocycles. The van der Waals surface area contributed by atoms with Gasteiger partial charge in [-0.15, -0.1) is 0 Å². The monoisotopic (exact) mass is 171 g/mol. The van der Waals surface area contributed by atoms with Crippen molar-refractivity contribution in [2.45, 2.75) is 20.8 Å². The molecule has 0 heterocycles. The molecule has 0 atom stereocenters. The minimum absolute atomic E-state index is 0.0585. The zero-order valence-corrected chi connectivity index (χ0v) is 7.51. The maximum Gasteiger partial charge on any atom is 0.343 e. The maximum atomic E-state index is 11.0. The molecular formula is C8H13NO3. The summed E-state index contributed by atoms with van der Waals surface area (Å²) in [5.74, 6) is -1.02. The Morgan fingerprint density at radius 2 is 1.83 bits per heavy atom. The number of ether oxygens (including phenoxy) is 1. The summed E-state index contributed by atoms with van der Waals surface area (Å²) in [6.07, 6.45) is 0. The van der Waals surface area contributed by atoms with Gasteiger partial charge in [0.1, 0.15) is 5.57 Å². The van der Waals surface area contributed by atoms with E-state index in [1.807, 2.05) is 0 Å². The number of carbonyl (C=O) groups is 2. The predicted molar refractivity (Wildman–Crippen MR) is 44.2 cm³/mol. The Labute approximate surface area is 71.4 Å². The highest BCUT2D eigenvalue weighted by Crippen LogP contribution is 2.03. The fourth-order valence-corrected chi connectivity index (χ4v) is 0.786. The van der Waals surface area contributed by atoms with E-state index in [1.165, 1.54) is 13.8 Å². The lowest BCUT2D eigenvalue weighted by Gasteiger charge is -2.04. The van der Waals surface area contributed by atoms with Gasteiger partial charge >= 0.3 is 5.97 Å². The average molecular weight is 171 g/mol. The van der Waals surface area contributed by atoms with Gasteiger partial charge in [-0.1, -0.05) is 0 Å². The lowest BCUT2D eigenvalue weighted by atomic mass is 10.1. The maximum absolute atomic E-state index is 11.0. The van der Waals surface area contributed by atoms with E-state index in [9.17, 15) is 9.59 Å². The number of hydrogen-bond acceptors (Lipinski definition) is 4. The molecule has 0 saturated carbocycles. The van der Waals surface area contributed by atoms with Crippen molar-refractivity contribution in [1.82, 2.24) is 0 Å². The quantitative estimate of drug-likeness (QED) is 0.288. The minimum Gasteiger partial charge on any atom is -0.462 e. The number of ketones is 1. The van der Waals surface area contributed by atoms with E-state index in [2.05, 4.69) is 4.74 Å². The molecule has 0 aromatic carbocycles. The second kappa shape index (κ2) is 4.54. The van der Waals surface area contributed by atoms with E-state index < -0.39 is 5.97 Å². The van der Waals surface area contributed by atoms with Crippen LogP contribution in [0.1, 0.15) is 20.8 Å². The van der Waals surface area contributed by atoms with Gasteiger partial charge < -0.3 is 10.5 Å². The topological polar surface area (TPSA) is 69.4 Å². The van der Waals surface area contributed by atoms with Crippen LogP contribution in [0.4, 0.5) is 0 Å². The standard InChI is InChI=1S/C8H13NO3/c1-4-12-8(11)7(5(2)9)6(3)10/h4,9H2,1-3H3. The SMILES string of the molecule is CCOC(=O)C(C(C)=O)=C(C)N. The molecule has 0 rings (SSSR count). The summed E-state index contributed by atoms with van der Waals surface area (Å²) < 4.78 is 4.63.